The molecule has 5 heteroatoms. The van der Waals surface area contributed by atoms with E-state index in [-0.39, 0.29) is 12.3 Å². The van der Waals surface area contributed by atoms with E-state index in [1.54, 1.807) is 0 Å². The Labute approximate surface area is 151 Å². The van der Waals surface area contributed by atoms with Gasteiger partial charge in [0.1, 0.15) is 5.76 Å². The quantitative estimate of drug-likeness (QED) is 0.709. The smallest absolute Gasteiger partial charge is 0.230 e. The lowest BCUT2D eigenvalue weighted by atomic mass is 10.1. The molecule has 0 fully saturated rings. The lowest BCUT2D eigenvalue weighted by Crippen LogP contribution is -2.16. The summed E-state index contributed by atoms with van der Waals surface area (Å²) in [4.78, 5) is 16.9. The summed E-state index contributed by atoms with van der Waals surface area (Å²) >= 11 is 6.25. The van der Waals surface area contributed by atoms with Gasteiger partial charge in [0, 0.05) is 5.56 Å². The van der Waals surface area contributed by atoms with Crippen LogP contribution in [0.15, 0.2) is 46.9 Å². The van der Waals surface area contributed by atoms with Crippen LogP contribution in [0.3, 0.4) is 0 Å². The minimum atomic E-state index is -0.176. The summed E-state index contributed by atoms with van der Waals surface area (Å²) in [6.45, 7) is 5.70. The molecule has 25 heavy (non-hydrogen) atoms. The molecule has 0 saturated heterocycles. The Morgan fingerprint density at radius 2 is 1.88 bits per heavy atom. The monoisotopic (exact) mass is 354 g/mol. The van der Waals surface area contributed by atoms with Gasteiger partial charge in [-0.3, -0.25) is 4.79 Å². The van der Waals surface area contributed by atoms with E-state index in [2.05, 4.69) is 10.3 Å². The van der Waals surface area contributed by atoms with Crippen molar-refractivity contribution in [2.75, 3.05) is 5.32 Å². The first-order valence-corrected chi connectivity index (χ1v) is 8.40. The maximum Gasteiger partial charge on any atom is 0.230 e. The minimum Gasteiger partial charge on any atom is -0.441 e. The van der Waals surface area contributed by atoms with Crippen molar-refractivity contribution in [3.63, 3.8) is 0 Å². The number of nitrogens with one attached hydrogen (secondary N) is 1. The minimum absolute atomic E-state index is 0.131. The Balaban J connectivity index is 1.77. The fourth-order valence-electron chi connectivity index (χ4n) is 2.71. The molecule has 4 nitrogen and oxygen atoms in total. The fraction of sp³-hybridized carbons (Fsp3) is 0.200. The number of nitrogens with zero attached hydrogens (tertiary/aromatic N) is 1. The summed E-state index contributed by atoms with van der Waals surface area (Å²) in [5.41, 5.74) is 4.13. The molecule has 2 aromatic carbocycles. The molecule has 0 aliphatic heterocycles. The van der Waals surface area contributed by atoms with Gasteiger partial charge in [0.15, 0.2) is 0 Å². The van der Waals surface area contributed by atoms with Crippen LogP contribution in [0, 0.1) is 20.8 Å². The van der Waals surface area contributed by atoms with E-state index in [9.17, 15) is 4.79 Å². The highest BCUT2D eigenvalue weighted by atomic mass is 35.5. The molecule has 1 N–H and O–H groups in total. The van der Waals surface area contributed by atoms with Crippen LogP contribution in [0.1, 0.15) is 22.6 Å². The Morgan fingerprint density at radius 1 is 1.16 bits per heavy atom. The largest absolute Gasteiger partial charge is 0.441 e. The number of carbonyl (C=O) groups is 1. The van der Waals surface area contributed by atoms with Gasteiger partial charge in [0.05, 0.1) is 22.8 Å². The van der Waals surface area contributed by atoms with Gasteiger partial charge in [-0.05, 0) is 50.1 Å². The number of carbonyl (C=O) groups excluding carboxylic acids is 1. The number of rotatable bonds is 4. The molecule has 1 heterocycles. The SMILES string of the molecule is Cc1cc(C)c(NC(=O)Cc2nc(-c3ccccc3)oc2C)c(Cl)c1. The molecule has 3 aromatic rings. The van der Waals surface area contributed by atoms with Gasteiger partial charge in [0.2, 0.25) is 11.8 Å². The molecule has 1 amide bonds. The molecule has 128 valence electrons. The van der Waals surface area contributed by atoms with Crippen molar-refractivity contribution < 1.29 is 9.21 Å². The molecular weight excluding hydrogens is 336 g/mol. The van der Waals surface area contributed by atoms with Crippen LogP contribution in [0.4, 0.5) is 5.69 Å². The molecule has 1 aromatic heterocycles. The molecule has 0 bridgehead atoms. The lowest BCUT2D eigenvalue weighted by Gasteiger charge is -2.11. The maximum atomic E-state index is 12.4. The number of anilines is 1. The zero-order chi connectivity index (χ0) is 18.0. The van der Waals surface area contributed by atoms with Gasteiger partial charge >= 0.3 is 0 Å². The normalized spacial score (nSPS) is 10.7. The molecule has 0 atom stereocenters. The molecular formula is C20H19ClN2O2. The zero-order valence-electron chi connectivity index (χ0n) is 14.4. The van der Waals surface area contributed by atoms with E-state index in [1.807, 2.05) is 63.2 Å². The summed E-state index contributed by atoms with van der Waals surface area (Å²) in [6, 6.07) is 13.4. The Morgan fingerprint density at radius 3 is 2.56 bits per heavy atom. The van der Waals surface area contributed by atoms with Crippen LogP contribution in [0.2, 0.25) is 5.02 Å². The lowest BCUT2D eigenvalue weighted by molar-refractivity contribution is -0.115. The number of amides is 1. The first-order valence-electron chi connectivity index (χ1n) is 8.02. The first kappa shape index (κ1) is 17.2. The number of oxazole rings is 1. The van der Waals surface area contributed by atoms with Crippen LogP contribution < -0.4 is 5.32 Å². The second-order valence-electron chi connectivity index (χ2n) is 6.05. The molecule has 0 radical (unpaired) electrons. The Kier molecular flexibility index (Phi) is 4.91. The highest BCUT2D eigenvalue weighted by Crippen LogP contribution is 2.28. The predicted molar refractivity (Wildman–Crippen MR) is 99.9 cm³/mol. The van der Waals surface area contributed by atoms with Crippen LogP contribution in [-0.2, 0) is 11.2 Å². The predicted octanol–water partition coefficient (Wildman–Crippen LogP) is 5.10. The van der Waals surface area contributed by atoms with Gasteiger partial charge in [-0.1, -0.05) is 35.9 Å². The molecule has 0 spiro atoms. The van der Waals surface area contributed by atoms with E-state index in [0.717, 1.165) is 16.7 Å². The van der Waals surface area contributed by atoms with Crippen molar-refractivity contribution >= 4 is 23.2 Å². The van der Waals surface area contributed by atoms with Gasteiger partial charge < -0.3 is 9.73 Å². The molecule has 0 aliphatic rings. The highest BCUT2D eigenvalue weighted by Gasteiger charge is 2.16. The topological polar surface area (TPSA) is 55.1 Å². The third-order valence-electron chi connectivity index (χ3n) is 3.94. The van der Waals surface area contributed by atoms with Gasteiger partial charge in [-0.2, -0.15) is 0 Å². The number of hydrogen-bond acceptors (Lipinski definition) is 3. The number of aromatic nitrogens is 1. The number of aryl methyl sites for hydroxylation is 3. The Hall–Kier alpha value is -2.59. The van der Waals surface area contributed by atoms with E-state index in [1.165, 1.54) is 0 Å². The third-order valence-corrected chi connectivity index (χ3v) is 4.24. The van der Waals surface area contributed by atoms with E-state index in [0.29, 0.717) is 28.1 Å². The van der Waals surface area contributed by atoms with Gasteiger partial charge in [0.25, 0.3) is 0 Å². The number of hydrogen-bond donors (Lipinski definition) is 1. The first-order chi connectivity index (χ1) is 11.9. The van der Waals surface area contributed by atoms with Crippen molar-refractivity contribution in [1.29, 1.82) is 0 Å². The van der Waals surface area contributed by atoms with Gasteiger partial charge in [-0.15, -0.1) is 0 Å². The average molecular weight is 355 g/mol. The van der Waals surface area contributed by atoms with E-state index < -0.39 is 0 Å². The van der Waals surface area contributed by atoms with Gasteiger partial charge in [-0.25, -0.2) is 4.98 Å². The van der Waals surface area contributed by atoms with Crippen LogP contribution in [0.25, 0.3) is 11.5 Å². The standard InChI is InChI=1S/C20H19ClN2O2/c1-12-9-13(2)19(16(21)10-12)23-18(24)11-17-14(3)25-20(22-17)15-7-5-4-6-8-15/h4-10H,11H2,1-3H3,(H,23,24). The second kappa shape index (κ2) is 7.11. The third kappa shape index (κ3) is 3.91. The van der Waals surface area contributed by atoms with Crippen LogP contribution >= 0.6 is 11.6 Å². The van der Waals surface area contributed by atoms with Crippen molar-refractivity contribution in [2.24, 2.45) is 0 Å². The fourth-order valence-corrected chi connectivity index (χ4v) is 3.07. The van der Waals surface area contributed by atoms with Crippen molar-refractivity contribution in [3.05, 3.63) is 70.1 Å². The summed E-state index contributed by atoms with van der Waals surface area (Å²) in [5, 5.41) is 3.41. The summed E-state index contributed by atoms with van der Waals surface area (Å²) in [6.07, 6.45) is 0.131. The number of benzene rings is 2. The second-order valence-corrected chi connectivity index (χ2v) is 6.46. The maximum absolute atomic E-state index is 12.4. The van der Waals surface area contributed by atoms with E-state index >= 15 is 0 Å². The van der Waals surface area contributed by atoms with Crippen molar-refractivity contribution in [2.45, 2.75) is 27.2 Å². The zero-order valence-corrected chi connectivity index (χ0v) is 15.1. The van der Waals surface area contributed by atoms with Crippen LogP contribution in [-0.4, -0.2) is 10.9 Å². The summed E-state index contributed by atoms with van der Waals surface area (Å²) < 4.78 is 5.70. The summed E-state index contributed by atoms with van der Waals surface area (Å²) in [7, 11) is 0. The molecule has 0 unspecified atom stereocenters. The van der Waals surface area contributed by atoms with Crippen molar-refractivity contribution in [1.82, 2.24) is 4.98 Å². The number of halogens is 1. The average Bonchev–Trinajstić information content (AvgIpc) is 2.92. The van der Waals surface area contributed by atoms with Crippen molar-refractivity contribution in [3.8, 4) is 11.5 Å². The molecule has 0 saturated carbocycles. The van der Waals surface area contributed by atoms with E-state index in [4.69, 9.17) is 16.0 Å². The summed E-state index contributed by atoms with van der Waals surface area (Å²) in [5.74, 6) is 0.982. The highest BCUT2D eigenvalue weighted by molar-refractivity contribution is 6.34. The molecule has 3 rings (SSSR count). The molecule has 0 aliphatic carbocycles. The Bertz CT molecular complexity index is 894. The van der Waals surface area contributed by atoms with Crippen LogP contribution in [0.5, 0.6) is 0 Å².